The van der Waals surface area contributed by atoms with Gasteiger partial charge < -0.3 is 10.4 Å². The highest BCUT2D eigenvalue weighted by Crippen LogP contribution is 2.48. The van der Waals surface area contributed by atoms with E-state index >= 15 is 0 Å². The highest BCUT2D eigenvalue weighted by atomic mass is 32.2. The number of hydrogen-bond acceptors (Lipinski definition) is 4. The molecule has 0 unspecified atom stereocenters. The van der Waals surface area contributed by atoms with Crippen LogP contribution in [0.3, 0.4) is 0 Å². The molecule has 0 radical (unpaired) electrons. The van der Waals surface area contributed by atoms with Gasteiger partial charge in [0.1, 0.15) is 6.04 Å². The average Bonchev–Trinajstić information content (AvgIpc) is 3.48. The van der Waals surface area contributed by atoms with E-state index in [2.05, 4.69) is 5.32 Å². The number of fused-ring (bicyclic) bond motifs is 2. The SMILES string of the molecule is O=C(NCc1cc(=O)n2c(c1C1CC1)SC[C@H]2C(=O)O)c1cccc2ccccc12. The molecule has 0 bridgehead atoms. The lowest BCUT2D eigenvalue weighted by molar-refractivity contribution is -0.140. The summed E-state index contributed by atoms with van der Waals surface area (Å²) in [7, 11) is 0. The number of nitrogens with zero attached hydrogens (tertiary/aromatic N) is 1. The zero-order valence-corrected chi connectivity index (χ0v) is 16.9. The quantitative estimate of drug-likeness (QED) is 0.659. The Labute approximate surface area is 176 Å². The molecule has 2 N–H and O–H groups in total. The summed E-state index contributed by atoms with van der Waals surface area (Å²) in [5, 5.41) is 15.1. The molecule has 1 amide bonds. The number of hydrogen-bond donors (Lipinski definition) is 2. The minimum Gasteiger partial charge on any atom is -0.480 e. The third kappa shape index (κ3) is 3.19. The molecule has 7 heteroatoms. The van der Waals surface area contributed by atoms with Crippen LogP contribution in [0.15, 0.2) is 58.4 Å². The summed E-state index contributed by atoms with van der Waals surface area (Å²) in [6.07, 6.45) is 2.04. The Morgan fingerprint density at radius 2 is 1.90 bits per heavy atom. The molecule has 1 atom stereocenters. The number of aromatic nitrogens is 1. The van der Waals surface area contributed by atoms with Gasteiger partial charge in [-0.2, -0.15) is 0 Å². The van der Waals surface area contributed by atoms with Crippen molar-refractivity contribution in [2.75, 3.05) is 5.75 Å². The fourth-order valence-electron chi connectivity index (χ4n) is 4.17. The number of thioether (sulfide) groups is 1. The number of carbonyl (C=O) groups excluding carboxylic acids is 1. The van der Waals surface area contributed by atoms with E-state index in [0.717, 1.165) is 39.8 Å². The van der Waals surface area contributed by atoms with Gasteiger partial charge in [-0.25, -0.2) is 4.79 Å². The molecular weight excluding hydrogens is 400 g/mol. The minimum absolute atomic E-state index is 0.190. The van der Waals surface area contributed by atoms with E-state index in [1.54, 1.807) is 6.07 Å². The lowest BCUT2D eigenvalue weighted by Crippen LogP contribution is -2.31. The van der Waals surface area contributed by atoms with Crippen LogP contribution in [0.1, 0.15) is 46.3 Å². The van der Waals surface area contributed by atoms with Gasteiger partial charge in [0, 0.05) is 23.9 Å². The second-order valence-corrected chi connectivity index (χ2v) is 8.75. The van der Waals surface area contributed by atoms with Gasteiger partial charge in [0.05, 0.1) is 5.03 Å². The molecule has 1 aromatic heterocycles. The first-order chi connectivity index (χ1) is 14.5. The normalized spacial score (nSPS) is 17.7. The van der Waals surface area contributed by atoms with Gasteiger partial charge in [-0.3, -0.25) is 14.2 Å². The average molecular weight is 420 g/mol. The zero-order valence-electron chi connectivity index (χ0n) is 16.1. The van der Waals surface area contributed by atoms with Crippen molar-refractivity contribution in [3.05, 3.63) is 75.6 Å². The molecule has 2 heterocycles. The summed E-state index contributed by atoms with van der Waals surface area (Å²) in [5.41, 5.74) is 2.10. The molecule has 2 aromatic carbocycles. The van der Waals surface area contributed by atoms with Gasteiger partial charge in [0.2, 0.25) is 0 Å². The second kappa shape index (κ2) is 7.32. The number of pyridine rings is 1. The van der Waals surface area contributed by atoms with Gasteiger partial charge >= 0.3 is 5.97 Å². The van der Waals surface area contributed by atoms with E-state index in [4.69, 9.17) is 0 Å². The lowest BCUT2D eigenvalue weighted by atomic mass is 10.0. The minimum atomic E-state index is -0.984. The summed E-state index contributed by atoms with van der Waals surface area (Å²) < 4.78 is 1.41. The molecule has 5 rings (SSSR count). The van der Waals surface area contributed by atoms with E-state index in [-0.39, 0.29) is 18.0 Å². The van der Waals surface area contributed by atoms with E-state index in [9.17, 15) is 19.5 Å². The van der Waals surface area contributed by atoms with Crippen molar-refractivity contribution in [3.63, 3.8) is 0 Å². The first-order valence-electron chi connectivity index (χ1n) is 9.94. The summed E-state index contributed by atoms with van der Waals surface area (Å²) in [6, 6.07) is 14.0. The Kier molecular flexibility index (Phi) is 4.62. The third-order valence-electron chi connectivity index (χ3n) is 5.76. The number of carboxylic acids is 1. The van der Waals surface area contributed by atoms with Crippen LogP contribution in [-0.2, 0) is 11.3 Å². The molecule has 6 nitrogen and oxygen atoms in total. The Morgan fingerprint density at radius 3 is 2.67 bits per heavy atom. The summed E-state index contributed by atoms with van der Waals surface area (Å²) in [6.45, 7) is 0.245. The third-order valence-corrected chi connectivity index (χ3v) is 6.94. The van der Waals surface area contributed by atoms with Gasteiger partial charge in [-0.15, -0.1) is 11.8 Å². The van der Waals surface area contributed by atoms with Crippen molar-refractivity contribution in [2.24, 2.45) is 0 Å². The molecule has 1 aliphatic heterocycles. The van der Waals surface area contributed by atoms with Gasteiger partial charge in [-0.05, 0) is 46.7 Å². The predicted octanol–water partition coefficient (Wildman–Crippen LogP) is 3.54. The Bertz CT molecular complexity index is 1240. The van der Waals surface area contributed by atoms with Crippen molar-refractivity contribution in [3.8, 4) is 0 Å². The zero-order chi connectivity index (χ0) is 20.8. The van der Waals surface area contributed by atoms with E-state index in [1.807, 2.05) is 36.4 Å². The van der Waals surface area contributed by atoms with Crippen molar-refractivity contribution >= 4 is 34.4 Å². The first kappa shape index (κ1) is 18.9. The maximum Gasteiger partial charge on any atom is 0.327 e. The van der Waals surface area contributed by atoms with Crippen LogP contribution in [0, 0.1) is 0 Å². The molecule has 1 aliphatic carbocycles. The van der Waals surface area contributed by atoms with Crippen LogP contribution >= 0.6 is 11.8 Å². The number of carbonyl (C=O) groups is 2. The molecular formula is C23H20N2O4S. The fourth-order valence-corrected chi connectivity index (χ4v) is 5.59. The highest BCUT2D eigenvalue weighted by Gasteiger charge is 2.37. The van der Waals surface area contributed by atoms with Crippen molar-refractivity contribution in [1.82, 2.24) is 9.88 Å². The Balaban J connectivity index is 1.47. The van der Waals surface area contributed by atoms with E-state index in [1.165, 1.54) is 22.4 Å². The smallest absolute Gasteiger partial charge is 0.327 e. The largest absolute Gasteiger partial charge is 0.480 e. The molecule has 2 aliphatic rings. The summed E-state index contributed by atoms with van der Waals surface area (Å²) in [4.78, 5) is 37.2. The first-order valence-corrected chi connectivity index (χ1v) is 10.9. The van der Waals surface area contributed by atoms with E-state index < -0.39 is 12.0 Å². The van der Waals surface area contributed by atoms with Crippen LogP contribution in [0.25, 0.3) is 10.8 Å². The predicted molar refractivity (Wildman–Crippen MR) is 115 cm³/mol. The Morgan fingerprint density at radius 1 is 1.13 bits per heavy atom. The fraction of sp³-hybridized carbons (Fsp3) is 0.261. The standard InChI is InChI=1S/C23H20N2O4S/c26-19-10-15(20(14-8-9-14)22-25(19)18(12-30-22)23(28)29)11-24-21(27)17-7-3-5-13-4-1-2-6-16(13)17/h1-7,10,14,18H,8-9,11-12H2,(H,24,27)(H,28,29)/t18-/m0/s1. The number of nitrogens with one attached hydrogen (secondary N) is 1. The van der Waals surface area contributed by atoms with Crippen molar-refractivity contribution in [1.29, 1.82) is 0 Å². The number of rotatable bonds is 5. The molecule has 0 saturated heterocycles. The van der Waals surface area contributed by atoms with Crippen LogP contribution < -0.4 is 10.9 Å². The Hall–Kier alpha value is -3.06. The van der Waals surface area contributed by atoms with Gasteiger partial charge in [-0.1, -0.05) is 36.4 Å². The monoisotopic (exact) mass is 420 g/mol. The number of benzene rings is 2. The molecule has 1 saturated carbocycles. The summed E-state index contributed by atoms with van der Waals surface area (Å²) in [5.74, 6) is -0.487. The number of amides is 1. The van der Waals surface area contributed by atoms with Crippen LogP contribution in [0.4, 0.5) is 0 Å². The van der Waals surface area contributed by atoms with E-state index in [0.29, 0.717) is 17.2 Å². The molecule has 3 aromatic rings. The van der Waals surface area contributed by atoms with Crippen molar-refractivity contribution < 1.29 is 14.7 Å². The van der Waals surface area contributed by atoms with Crippen molar-refractivity contribution in [2.45, 2.75) is 36.4 Å². The van der Waals surface area contributed by atoms with Gasteiger partial charge in [0.15, 0.2) is 0 Å². The lowest BCUT2D eigenvalue weighted by Gasteiger charge is -2.17. The summed E-state index contributed by atoms with van der Waals surface area (Å²) >= 11 is 1.43. The van der Waals surface area contributed by atoms with Crippen LogP contribution in [0.2, 0.25) is 0 Å². The topological polar surface area (TPSA) is 88.4 Å². The number of carboxylic acid groups (broad SMARTS) is 1. The second-order valence-electron chi connectivity index (χ2n) is 7.75. The van der Waals surface area contributed by atoms with Crippen LogP contribution in [-0.4, -0.2) is 27.3 Å². The number of aliphatic carboxylic acids is 1. The maximum atomic E-state index is 12.9. The molecule has 30 heavy (non-hydrogen) atoms. The maximum absolute atomic E-state index is 12.9. The highest BCUT2D eigenvalue weighted by molar-refractivity contribution is 7.99. The molecule has 152 valence electrons. The molecule has 0 spiro atoms. The van der Waals surface area contributed by atoms with Gasteiger partial charge in [0.25, 0.3) is 11.5 Å². The molecule has 1 fully saturated rings. The van der Waals surface area contributed by atoms with Crippen LogP contribution in [0.5, 0.6) is 0 Å².